The smallest absolute Gasteiger partial charge is 0.295 e. The van der Waals surface area contributed by atoms with Crippen molar-refractivity contribution in [1.82, 2.24) is 9.80 Å². The molecule has 2 aliphatic rings. The Labute approximate surface area is 195 Å². The van der Waals surface area contributed by atoms with E-state index >= 15 is 0 Å². The number of nitro groups is 1. The predicted molar refractivity (Wildman–Crippen MR) is 121 cm³/mol. The molecule has 2 aromatic carbocycles. The number of halogens is 1. The highest BCUT2D eigenvalue weighted by atomic mass is 35.5. The molecule has 0 aromatic heterocycles. The topological polar surface area (TPSA) is 113 Å². The molecule has 172 valence electrons. The molecule has 9 nitrogen and oxygen atoms in total. The Morgan fingerprint density at radius 3 is 2.30 bits per heavy atom. The Kier molecular flexibility index (Phi) is 6.73. The second kappa shape index (κ2) is 9.70. The Hall–Kier alpha value is -3.27. The first-order valence-corrected chi connectivity index (χ1v) is 10.8. The largest absolute Gasteiger partial charge is 0.507 e. The molecule has 10 heteroatoms. The summed E-state index contributed by atoms with van der Waals surface area (Å²) < 4.78 is 5.36. The Balaban J connectivity index is 1.74. The van der Waals surface area contributed by atoms with Crippen molar-refractivity contribution in [2.75, 3.05) is 39.4 Å². The summed E-state index contributed by atoms with van der Waals surface area (Å²) in [7, 11) is 0. The van der Waals surface area contributed by atoms with Crippen LogP contribution in [0, 0.1) is 10.1 Å². The van der Waals surface area contributed by atoms with E-state index in [1.165, 1.54) is 29.2 Å². The zero-order valence-corrected chi connectivity index (χ0v) is 18.4. The fourth-order valence-electron chi connectivity index (χ4n) is 4.07. The number of nitro benzene ring substituents is 1. The molecule has 1 amide bonds. The third kappa shape index (κ3) is 4.75. The van der Waals surface area contributed by atoms with Gasteiger partial charge in [0.05, 0.1) is 29.8 Å². The van der Waals surface area contributed by atoms with Crippen molar-refractivity contribution < 1.29 is 24.4 Å². The van der Waals surface area contributed by atoms with Crippen molar-refractivity contribution in [3.8, 4) is 0 Å². The Bertz CT molecular complexity index is 1090. The first kappa shape index (κ1) is 22.9. The maximum Gasteiger partial charge on any atom is 0.295 e. The maximum absolute atomic E-state index is 13.0. The summed E-state index contributed by atoms with van der Waals surface area (Å²) in [6.07, 6.45) is 0. The minimum atomic E-state index is -0.873. The number of aliphatic hydroxyl groups is 1. The lowest BCUT2D eigenvalue weighted by molar-refractivity contribution is -0.384. The van der Waals surface area contributed by atoms with E-state index in [2.05, 4.69) is 4.90 Å². The van der Waals surface area contributed by atoms with Gasteiger partial charge >= 0.3 is 0 Å². The highest BCUT2D eigenvalue weighted by molar-refractivity contribution is 6.46. The number of morpholine rings is 1. The number of likely N-dealkylation sites (tertiary alicyclic amines) is 1. The van der Waals surface area contributed by atoms with Crippen LogP contribution in [0.25, 0.3) is 5.76 Å². The fraction of sp³-hybridized carbons (Fsp3) is 0.304. The van der Waals surface area contributed by atoms with Gasteiger partial charge in [0.1, 0.15) is 5.76 Å². The number of rotatable bonds is 6. The van der Waals surface area contributed by atoms with Crippen molar-refractivity contribution in [1.29, 1.82) is 0 Å². The summed E-state index contributed by atoms with van der Waals surface area (Å²) in [4.78, 5) is 40.1. The van der Waals surface area contributed by atoms with Gasteiger partial charge in [0.25, 0.3) is 17.4 Å². The van der Waals surface area contributed by atoms with Crippen molar-refractivity contribution in [2.24, 2.45) is 0 Å². The summed E-state index contributed by atoms with van der Waals surface area (Å²) in [5.74, 6) is -1.84. The van der Waals surface area contributed by atoms with Gasteiger partial charge in [-0.2, -0.15) is 0 Å². The lowest BCUT2D eigenvalue weighted by atomic mass is 9.95. The first-order valence-electron chi connectivity index (χ1n) is 10.5. The molecule has 2 heterocycles. The van der Waals surface area contributed by atoms with E-state index in [1.54, 1.807) is 24.3 Å². The molecule has 33 heavy (non-hydrogen) atoms. The molecule has 4 rings (SSSR count). The average molecular weight is 472 g/mol. The standard InChI is InChI=1S/C23H22ClN3O6/c24-17-5-1-16(2-6-17)21(28)19-20(15-3-7-18(8-4-15)27(31)32)26(23(30)22(19)29)10-9-25-11-13-33-14-12-25/h1-8,20,28H,9-14H2/b21-19+/t20-/m0/s1. The number of benzene rings is 2. The monoisotopic (exact) mass is 471 g/mol. The molecule has 2 aromatic rings. The molecular weight excluding hydrogens is 450 g/mol. The van der Waals surface area contributed by atoms with Crippen LogP contribution in [-0.2, 0) is 14.3 Å². The molecular formula is C23H22ClN3O6. The second-order valence-corrected chi connectivity index (χ2v) is 8.24. The molecule has 2 fully saturated rings. The van der Waals surface area contributed by atoms with Crippen LogP contribution in [-0.4, -0.2) is 70.9 Å². The molecule has 0 spiro atoms. The van der Waals surface area contributed by atoms with Crippen LogP contribution in [0.15, 0.2) is 54.1 Å². The van der Waals surface area contributed by atoms with Crippen LogP contribution >= 0.6 is 11.6 Å². The summed E-state index contributed by atoms with van der Waals surface area (Å²) in [5.41, 5.74) is 0.676. The summed E-state index contributed by atoms with van der Waals surface area (Å²) in [6.45, 7) is 3.42. The number of ketones is 1. The van der Waals surface area contributed by atoms with E-state index in [0.717, 1.165) is 13.1 Å². The minimum absolute atomic E-state index is 0.0573. The van der Waals surface area contributed by atoms with Gasteiger partial charge in [0.2, 0.25) is 0 Å². The van der Waals surface area contributed by atoms with Gasteiger partial charge in [0, 0.05) is 48.9 Å². The van der Waals surface area contributed by atoms with Gasteiger partial charge in [-0.05, 0) is 42.0 Å². The number of carbonyl (C=O) groups is 2. The number of nitrogens with zero attached hydrogens (tertiary/aromatic N) is 3. The first-order chi connectivity index (χ1) is 15.9. The van der Waals surface area contributed by atoms with Crippen LogP contribution in [0.4, 0.5) is 5.69 Å². The Morgan fingerprint density at radius 1 is 1.06 bits per heavy atom. The van der Waals surface area contributed by atoms with Gasteiger partial charge in [-0.15, -0.1) is 0 Å². The van der Waals surface area contributed by atoms with Crippen LogP contribution < -0.4 is 0 Å². The number of hydrogen-bond donors (Lipinski definition) is 1. The quantitative estimate of drug-likeness (QED) is 0.226. The van der Waals surface area contributed by atoms with E-state index in [9.17, 15) is 24.8 Å². The maximum atomic E-state index is 13.0. The van der Waals surface area contributed by atoms with Crippen LogP contribution in [0.1, 0.15) is 17.2 Å². The lowest BCUT2D eigenvalue weighted by Crippen LogP contribution is -2.42. The van der Waals surface area contributed by atoms with Gasteiger partial charge in [-0.1, -0.05) is 11.6 Å². The van der Waals surface area contributed by atoms with Crippen LogP contribution in [0.3, 0.4) is 0 Å². The van der Waals surface area contributed by atoms with Crippen LogP contribution in [0.5, 0.6) is 0 Å². The van der Waals surface area contributed by atoms with E-state index in [0.29, 0.717) is 35.9 Å². The van der Waals surface area contributed by atoms with E-state index in [1.807, 2.05) is 0 Å². The number of ether oxygens (including phenoxy) is 1. The predicted octanol–water partition coefficient (Wildman–Crippen LogP) is 3.00. The zero-order chi connectivity index (χ0) is 23.5. The third-order valence-electron chi connectivity index (χ3n) is 5.84. The number of carbonyl (C=O) groups excluding carboxylic acids is 2. The molecule has 0 unspecified atom stereocenters. The highest BCUT2D eigenvalue weighted by Crippen LogP contribution is 2.39. The van der Waals surface area contributed by atoms with Gasteiger partial charge < -0.3 is 14.7 Å². The Morgan fingerprint density at radius 2 is 1.70 bits per heavy atom. The van der Waals surface area contributed by atoms with Crippen molar-refractivity contribution in [3.05, 3.63) is 80.4 Å². The molecule has 0 radical (unpaired) electrons. The number of aliphatic hydroxyl groups excluding tert-OH is 1. The van der Waals surface area contributed by atoms with Crippen LogP contribution in [0.2, 0.25) is 5.02 Å². The second-order valence-electron chi connectivity index (χ2n) is 7.80. The molecule has 2 aliphatic heterocycles. The van der Waals surface area contributed by atoms with E-state index in [-0.39, 0.29) is 23.6 Å². The lowest BCUT2D eigenvalue weighted by Gasteiger charge is -2.31. The summed E-state index contributed by atoms with van der Waals surface area (Å²) in [6, 6.07) is 11.0. The average Bonchev–Trinajstić information content (AvgIpc) is 3.08. The van der Waals surface area contributed by atoms with Gasteiger partial charge in [-0.25, -0.2) is 0 Å². The highest BCUT2D eigenvalue weighted by Gasteiger charge is 2.46. The number of amides is 1. The molecule has 1 atom stereocenters. The molecule has 1 N–H and O–H groups in total. The van der Waals surface area contributed by atoms with Crippen molar-refractivity contribution in [2.45, 2.75) is 6.04 Å². The third-order valence-corrected chi connectivity index (χ3v) is 6.09. The molecule has 0 bridgehead atoms. The van der Waals surface area contributed by atoms with Crippen molar-refractivity contribution >= 4 is 34.7 Å². The summed E-state index contributed by atoms with van der Waals surface area (Å²) in [5, 5.41) is 22.5. The number of hydrogen-bond acceptors (Lipinski definition) is 7. The van der Waals surface area contributed by atoms with E-state index in [4.69, 9.17) is 16.3 Å². The van der Waals surface area contributed by atoms with Crippen molar-refractivity contribution in [3.63, 3.8) is 0 Å². The fourth-order valence-corrected chi connectivity index (χ4v) is 4.20. The molecule has 0 aliphatic carbocycles. The van der Waals surface area contributed by atoms with Gasteiger partial charge in [-0.3, -0.25) is 24.6 Å². The SMILES string of the molecule is O=C1C(=O)N(CCN2CCOCC2)[C@@H](c2ccc([N+](=O)[O-])cc2)/C1=C(\O)c1ccc(Cl)cc1. The number of non-ortho nitro benzene ring substituents is 1. The van der Waals surface area contributed by atoms with E-state index < -0.39 is 22.7 Å². The number of Topliss-reactive ketones (excluding diaryl/α,β-unsaturated/α-hetero) is 1. The summed E-state index contributed by atoms with van der Waals surface area (Å²) >= 11 is 5.94. The normalized spacial score (nSPS) is 20.9. The molecule has 0 saturated carbocycles. The molecule has 2 saturated heterocycles. The zero-order valence-electron chi connectivity index (χ0n) is 17.6. The minimum Gasteiger partial charge on any atom is -0.507 e. The van der Waals surface area contributed by atoms with Gasteiger partial charge in [0.15, 0.2) is 0 Å².